The number of carbonyl (C=O) groups excluding carboxylic acids is 2. The lowest BCUT2D eigenvalue weighted by atomic mass is 9.77. The predicted molar refractivity (Wildman–Crippen MR) is 117 cm³/mol. The number of aldehydes is 1. The highest BCUT2D eigenvalue weighted by molar-refractivity contribution is 7.95. The molecule has 2 fully saturated rings. The Morgan fingerprint density at radius 3 is 2.39 bits per heavy atom. The fraction of sp³-hybridized carbons (Fsp3) is 0.619. The number of hydrogen-bond donors (Lipinski definition) is 3. The summed E-state index contributed by atoms with van der Waals surface area (Å²) in [6.45, 7) is 1.05. The van der Waals surface area contributed by atoms with E-state index in [9.17, 15) is 9.59 Å². The van der Waals surface area contributed by atoms with Crippen molar-refractivity contribution in [2.45, 2.75) is 44.6 Å². The molecule has 3 N–H and O–H groups in total. The first-order valence-corrected chi connectivity index (χ1v) is 10.9. The summed E-state index contributed by atoms with van der Waals surface area (Å²) in [5.41, 5.74) is 1.65. The second-order valence-electron chi connectivity index (χ2n) is 7.63. The van der Waals surface area contributed by atoms with Gasteiger partial charge in [0.05, 0.1) is 6.04 Å². The summed E-state index contributed by atoms with van der Waals surface area (Å²) in [7, 11) is 5.58. The van der Waals surface area contributed by atoms with Gasteiger partial charge in [-0.3, -0.25) is 9.52 Å². The molecule has 1 amide bonds. The Kier molecular flexibility index (Phi) is 9.81. The zero-order valence-electron chi connectivity index (χ0n) is 17.2. The van der Waals surface area contributed by atoms with Crippen LogP contribution >= 0.6 is 12.1 Å². The lowest BCUT2D eigenvalue weighted by Gasteiger charge is -2.29. The van der Waals surface area contributed by atoms with Crippen LogP contribution in [-0.4, -0.2) is 50.2 Å². The third-order valence-corrected chi connectivity index (χ3v) is 6.12. The summed E-state index contributed by atoms with van der Waals surface area (Å²) in [6, 6.07) is 7.49. The molecule has 1 aliphatic heterocycles. The number of carbonyl (C=O) groups is 2. The Morgan fingerprint density at radius 2 is 1.82 bits per heavy atom. The molecule has 3 rings (SSSR count). The lowest BCUT2D eigenvalue weighted by Crippen LogP contribution is -2.33. The highest BCUT2D eigenvalue weighted by Gasteiger charge is 2.33. The summed E-state index contributed by atoms with van der Waals surface area (Å²) < 4.78 is 4.54. The van der Waals surface area contributed by atoms with Crippen LogP contribution in [0.15, 0.2) is 24.3 Å². The second-order valence-corrected chi connectivity index (χ2v) is 8.75. The van der Waals surface area contributed by atoms with Crippen LogP contribution in [0, 0.1) is 11.8 Å². The van der Waals surface area contributed by atoms with Gasteiger partial charge in [0.15, 0.2) is 0 Å². The first-order chi connectivity index (χ1) is 13.5. The van der Waals surface area contributed by atoms with Gasteiger partial charge in [0.2, 0.25) is 0 Å². The molecular weight excluding hydrogens is 372 g/mol. The molecule has 1 saturated heterocycles. The van der Waals surface area contributed by atoms with E-state index in [1.54, 1.807) is 12.1 Å². The average Bonchev–Trinajstić information content (AvgIpc) is 3.22. The Labute approximate surface area is 173 Å². The molecule has 156 valence electrons. The Bertz CT molecular complexity index is 603. The quantitative estimate of drug-likeness (QED) is 0.497. The van der Waals surface area contributed by atoms with Crippen LogP contribution in [0.25, 0.3) is 0 Å². The maximum atomic E-state index is 11.6. The standard InChI is InChI=1S/C11H19NO.C10H15N3OS/c13-8-11-10(6-7-12-11)9-4-2-1-3-5-9;1-11-9-6-4-8(5-7-9)10(14)12-15-13(2)3/h8-12H,1-7H2;4-7,11H,1-3H3,(H,12,14)/t10?,11-;/m1./s1. The first kappa shape index (κ1) is 22.7. The van der Waals surface area contributed by atoms with E-state index in [2.05, 4.69) is 15.4 Å². The second kappa shape index (κ2) is 12.1. The highest BCUT2D eigenvalue weighted by atomic mass is 32.2. The molecule has 0 bridgehead atoms. The van der Waals surface area contributed by atoms with E-state index in [4.69, 9.17) is 0 Å². The SMILES string of the molecule is CNc1ccc(C(=O)NSN(C)C)cc1.O=C[C@H]1NCCC1C1CCCCC1. The van der Waals surface area contributed by atoms with Crippen molar-refractivity contribution in [3.63, 3.8) is 0 Å². The molecular formula is C21H34N4O2S. The van der Waals surface area contributed by atoms with E-state index in [1.165, 1.54) is 50.7 Å². The minimum absolute atomic E-state index is 0.0867. The van der Waals surface area contributed by atoms with Crippen molar-refractivity contribution in [1.29, 1.82) is 0 Å². The maximum absolute atomic E-state index is 11.6. The van der Waals surface area contributed by atoms with Gasteiger partial charge in [0.1, 0.15) is 6.29 Å². The van der Waals surface area contributed by atoms with Crippen LogP contribution in [-0.2, 0) is 4.79 Å². The third kappa shape index (κ3) is 7.11. The van der Waals surface area contributed by atoms with E-state index in [-0.39, 0.29) is 11.9 Å². The summed E-state index contributed by atoms with van der Waals surface area (Å²) in [5.74, 6) is 1.40. The van der Waals surface area contributed by atoms with Gasteiger partial charge >= 0.3 is 0 Å². The Balaban J connectivity index is 0.000000202. The zero-order chi connectivity index (χ0) is 20.4. The molecule has 2 atom stereocenters. The van der Waals surface area contributed by atoms with Crippen molar-refractivity contribution in [2.24, 2.45) is 11.8 Å². The number of amides is 1. The van der Waals surface area contributed by atoms with Gasteiger partial charge in [0, 0.05) is 30.4 Å². The van der Waals surface area contributed by atoms with Crippen molar-refractivity contribution in [1.82, 2.24) is 14.3 Å². The van der Waals surface area contributed by atoms with E-state index in [0.29, 0.717) is 11.5 Å². The molecule has 1 aromatic rings. The number of nitrogens with one attached hydrogen (secondary N) is 3. The van der Waals surface area contributed by atoms with Gasteiger partial charge < -0.3 is 15.4 Å². The zero-order valence-corrected chi connectivity index (χ0v) is 18.1. The topological polar surface area (TPSA) is 73.5 Å². The molecule has 0 spiro atoms. The molecule has 2 aliphatic rings. The third-order valence-electron chi connectivity index (χ3n) is 5.48. The van der Waals surface area contributed by atoms with Crippen LogP contribution in [0.1, 0.15) is 48.9 Å². The smallest absolute Gasteiger partial charge is 0.262 e. The lowest BCUT2D eigenvalue weighted by molar-refractivity contribution is -0.110. The number of benzene rings is 1. The van der Waals surface area contributed by atoms with Gasteiger partial charge in [-0.2, -0.15) is 0 Å². The van der Waals surface area contributed by atoms with Gasteiger partial charge in [-0.1, -0.05) is 32.1 Å². The van der Waals surface area contributed by atoms with E-state index in [1.807, 2.05) is 37.6 Å². The van der Waals surface area contributed by atoms with Crippen LogP contribution in [0.4, 0.5) is 5.69 Å². The van der Waals surface area contributed by atoms with Crippen LogP contribution in [0.2, 0.25) is 0 Å². The molecule has 1 aromatic carbocycles. The number of anilines is 1. The Hall–Kier alpha value is -1.57. The minimum atomic E-state index is -0.0867. The first-order valence-electron chi connectivity index (χ1n) is 10.2. The molecule has 1 heterocycles. The molecule has 6 nitrogen and oxygen atoms in total. The summed E-state index contributed by atoms with van der Waals surface area (Å²) >= 11 is 1.26. The largest absolute Gasteiger partial charge is 0.388 e. The van der Waals surface area contributed by atoms with Crippen molar-refractivity contribution >= 4 is 30.0 Å². The molecule has 1 unspecified atom stereocenters. The summed E-state index contributed by atoms with van der Waals surface area (Å²) in [5, 5.41) is 6.28. The molecule has 0 aromatic heterocycles. The average molecular weight is 407 g/mol. The monoisotopic (exact) mass is 406 g/mol. The van der Waals surface area contributed by atoms with E-state index in [0.717, 1.165) is 24.4 Å². The van der Waals surface area contributed by atoms with Crippen LogP contribution in [0.5, 0.6) is 0 Å². The fourth-order valence-corrected chi connectivity index (χ4v) is 4.35. The van der Waals surface area contributed by atoms with Crippen LogP contribution < -0.4 is 15.4 Å². The molecule has 1 saturated carbocycles. The normalized spacial score (nSPS) is 22.3. The molecule has 7 heteroatoms. The minimum Gasteiger partial charge on any atom is -0.388 e. The molecule has 1 aliphatic carbocycles. The summed E-state index contributed by atoms with van der Waals surface area (Å²) in [4.78, 5) is 22.4. The number of rotatable bonds is 6. The van der Waals surface area contributed by atoms with Gasteiger partial charge in [-0.15, -0.1) is 0 Å². The predicted octanol–water partition coefficient (Wildman–Crippen LogP) is 3.33. The van der Waals surface area contributed by atoms with Gasteiger partial charge in [-0.05, 0) is 63.2 Å². The van der Waals surface area contributed by atoms with Crippen molar-refractivity contribution in [2.75, 3.05) is 33.0 Å². The molecule has 0 radical (unpaired) electrons. The van der Waals surface area contributed by atoms with Crippen molar-refractivity contribution in [3.8, 4) is 0 Å². The van der Waals surface area contributed by atoms with Crippen molar-refractivity contribution < 1.29 is 9.59 Å². The van der Waals surface area contributed by atoms with E-state index >= 15 is 0 Å². The van der Waals surface area contributed by atoms with Crippen molar-refractivity contribution in [3.05, 3.63) is 29.8 Å². The molecule has 28 heavy (non-hydrogen) atoms. The van der Waals surface area contributed by atoms with Crippen LogP contribution in [0.3, 0.4) is 0 Å². The number of nitrogens with zero attached hydrogens (tertiary/aromatic N) is 1. The highest BCUT2D eigenvalue weighted by Crippen LogP contribution is 2.35. The summed E-state index contributed by atoms with van der Waals surface area (Å²) in [6.07, 6.45) is 9.22. The maximum Gasteiger partial charge on any atom is 0.262 e. The number of hydrogen-bond acceptors (Lipinski definition) is 6. The fourth-order valence-electron chi connectivity index (χ4n) is 3.97. The van der Waals surface area contributed by atoms with E-state index < -0.39 is 0 Å². The van der Waals surface area contributed by atoms with Gasteiger partial charge in [0.25, 0.3) is 5.91 Å². The Morgan fingerprint density at radius 1 is 1.14 bits per heavy atom. The van der Waals surface area contributed by atoms with Gasteiger partial charge in [-0.25, -0.2) is 4.31 Å².